The summed E-state index contributed by atoms with van der Waals surface area (Å²) in [6.07, 6.45) is 11.5. The second-order valence-electron chi connectivity index (χ2n) is 7.04. The lowest BCUT2D eigenvalue weighted by molar-refractivity contribution is -0.155. The Morgan fingerprint density at radius 1 is 0.800 bits per heavy atom. The lowest BCUT2D eigenvalue weighted by atomic mass is 9.97. The van der Waals surface area contributed by atoms with Crippen molar-refractivity contribution < 1.29 is 19.1 Å². The van der Waals surface area contributed by atoms with Crippen molar-refractivity contribution in [3.05, 3.63) is 0 Å². The van der Waals surface area contributed by atoms with E-state index in [0.29, 0.717) is 12.5 Å². The summed E-state index contributed by atoms with van der Waals surface area (Å²) >= 11 is 0. The average Bonchev–Trinajstić information content (AvgIpc) is 2.60. The first kappa shape index (κ1) is 23.9. The first-order valence-corrected chi connectivity index (χ1v) is 10.4. The Balaban J connectivity index is 3.71. The molecule has 2 atom stereocenters. The van der Waals surface area contributed by atoms with Gasteiger partial charge in [0.05, 0.1) is 19.4 Å². The van der Waals surface area contributed by atoms with E-state index in [1.54, 1.807) is 0 Å². The first-order chi connectivity index (χ1) is 12.0. The minimum absolute atomic E-state index is 0.0452. The van der Waals surface area contributed by atoms with Gasteiger partial charge in [0.15, 0.2) is 0 Å². The molecule has 0 rings (SSSR count). The van der Waals surface area contributed by atoms with Crippen molar-refractivity contribution >= 4 is 11.9 Å². The third-order valence-electron chi connectivity index (χ3n) is 4.61. The molecule has 0 fully saturated rings. The highest BCUT2D eigenvalue weighted by Gasteiger charge is 2.19. The molecule has 0 aromatic heterocycles. The van der Waals surface area contributed by atoms with E-state index in [1.807, 2.05) is 6.92 Å². The molecule has 0 aromatic rings. The van der Waals surface area contributed by atoms with Gasteiger partial charge in [0.2, 0.25) is 0 Å². The minimum Gasteiger partial charge on any atom is -0.466 e. The number of carbonyl (C=O) groups is 2. The van der Waals surface area contributed by atoms with Crippen LogP contribution in [0.4, 0.5) is 0 Å². The third kappa shape index (κ3) is 13.9. The van der Waals surface area contributed by atoms with E-state index in [9.17, 15) is 9.59 Å². The number of carbonyl (C=O) groups excluding carboxylic acids is 2. The van der Waals surface area contributed by atoms with Crippen LogP contribution in [-0.2, 0) is 19.1 Å². The monoisotopic (exact) mass is 356 g/mol. The minimum atomic E-state index is -0.294. The van der Waals surface area contributed by atoms with Gasteiger partial charge in [0, 0.05) is 0 Å². The summed E-state index contributed by atoms with van der Waals surface area (Å²) in [7, 11) is 0. The van der Waals surface area contributed by atoms with Gasteiger partial charge < -0.3 is 9.47 Å². The third-order valence-corrected chi connectivity index (χ3v) is 4.61. The van der Waals surface area contributed by atoms with Crippen LogP contribution in [0.1, 0.15) is 105 Å². The molecule has 0 amide bonds. The Bertz CT molecular complexity index is 341. The van der Waals surface area contributed by atoms with Gasteiger partial charge in [0.25, 0.3) is 0 Å². The SMILES string of the molecule is CCCCCCCCCOC(=O)CCC(=O)OC(CC)C(C)CCC. The largest absolute Gasteiger partial charge is 0.466 e. The fourth-order valence-electron chi connectivity index (χ4n) is 2.99. The van der Waals surface area contributed by atoms with Crippen molar-refractivity contribution in [3.8, 4) is 0 Å². The number of rotatable bonds is 16. The first-order valence-electron chi connectivity index (χ1n) is 10.4. The van der Waals surface area contributed by atoms with E-state index in [1.165, 1.54) is 32.1 Å². The van der Waals surface area contributed by atoms with Gasteiger partial charge in [-0.25, -0.2) is 0 Å². The number of unbranched alkanes of at least 4 members (excludes halogenated alkanes) is 6. The molecule has 0 aromatic carbocycles. The summed E-state index contributed by atoms with van der Waals surface area (Å²) in [5.74, 6) is -0.219. The van der Waals surface area contributed by atoms with Crippen LogP contribution in [0.5, 0.6) is 0 Å². The highest BCUT2D eigenvalue weighted by molar-refractivity contribution is 5.77. The zero-order valence-corrected chi connectivity index (χ0v) is 17.0. The molecule has 0 heterocycles. The molecule has 0 saturated carbocycles. The number of hydrogen-bond donors (Lipinski definition) is 0. The number of esters is 2. The van der Waals surface area contributed by atoms with Crippen molar-refractivity contribution in [2.75, 3.05) is 6.61 Å². The number of ether oxygens (including phenoxy) is 2. The predicted octanol–water partition coefficient (Wildman–Crippen LogP) is 5.82. The Morgan fingerprint density at radius 2 is 1.40 bits per heavy atom. The van der Waals surface area contributed by atoms with E-state index in [0.717, 1.165) is 32.1 Å². The predicted molar refractivity (Wildman–Crippen MR) is 102 cm³/mol. The van der Waals surface area contributed by atoms with Crippen molar-refractivity contribution in [2.24, 2.45) is 5.92 Å². The second-order valence-corrected chi connectivity index (χ2v) is 7.04. The maximum absolute atomic E-state index is 11.9. The summed E-state index contributed by atoms with van der Waals surface area (Å²) in [4.78, 5) is 23.6. The lowest BCUT2D eigenvalue weighted by Crippen LogP contribution is -2.25. The summed E-state index contributed by atoms with van der Waals surface area (Å²) in [5, 5.41) is 0. The Labute approximate surface area is 155 Å². The summed E-state index contributed by atoms with van der Waals surface area (Å²) in [6, 6.07) is 0. The smallest absolute Gasteiger partial charge is 0.306 e. The van der Waals surface area contributed by atoms with Crippen LogP contribution in [0.15, 0.2) is 0 Å². The van der Waals surface area contributed by atoms with Gasteiger partial charge in [-0.1, -0.05) is 72.6 Å². The number of hydrogen-bond acceptors (Lipinski definition) is 4. The fraction of sp³-hybridized carbons (Fsp3) is 0.905. The second kappa shape index (κ2) is 16.4. The molecule has 0 radical (unpaired) electrons. The molecule has 0 N–H and O–H groups in total. The van der Waals surface area contributed by atoms with Crippen LogP contribution in [0, 0.1) is 5.92 Å². The highest BCUT2D eigenvalue weighted by Crippen LogP contribution is 2.17. The van der Waals surface area contributed by atoms with Gasteiger partial charge in [-0.15, -0.1) is 0 Å². The normalized spacial score (nSPS) is 13.3. The molecule has 4 heteroatoms. The van der Waals surface area contributed by atoms with Gasteiger partial charge in [0.1, 0.15) is 6.10 Å². The Kier molecular flexibility index (Phi) is 15.7. The molecule has 25 heavy (non-hydrogen) atoms. The molecular weight excluding hydrogens is 316 g/mol. The quantitative estimate of drug-likeness (QED) is 0.258. The van der Waals surface area contributed by atoms with E-state index < -0.39 is 0 Å². The maximum Gasteiger partial charge on any atom is 0.306 e. The van der Waals surface area contributed by atoms with Crippen LogP contribution >= 0.6 is 0 Å². The lowest BCUT2D eigenvalue weighted by Gasteiger charge is -2.22. The van der Waals surface area contributed by atoms with Gasteiger partial charge in [-0.2, -0.15) is 0 Å². The zero-order chi connectivity index (χ0) is 18.9. The van der Waals surface area contributed by atoms with Crippen LogP contribution in [0.25, 0.3) is 0 Å². The molecule has 0 aliphatic rings. The molecule has 2 unspecified atom stereocenters. The van der Waals surface area contributed by atoms with E-state index >= 15 is 0 Å². The molecule has 0 spiro atoms. The van der Waals surface area contributed by atoms with Crippen molar-refractivity contribution in [1.29, 1.82) is 0 Å². The highest BCUT2D eigenvalue weighted by atomic mass is 16.5. The molecule has 0 bridgehead atoms. The summed E-state index contributed by atoms with van der Waals surface area (Å²) in [5.41, 5.74) is 0. The topological polar surface area (TPSA) is 52.6 Å². The fourth-order valence-corrected chi connectivity index (χ4v) is 2.99. The van der Waals surface area contributed by atoms with Crippen molar-refractivity contribution in [2.45, 2.75) is 111 Å². The van der Waals surface area contributed by atoms with Crippen LogP contribution < -0.4 is 0 Å². The van der Waals surface area contributed by atoms with Gasteiger partial charge >= 0.3 is 11.9 Å². The van der Waals surface area contributed by atoms with Gasteiger partial charge in [-0.05, 0) is 25.2 Å². The van der Waals surface area contributed by atoms with E-state index in [4.69, 9.17) is 9.47 Å². The van der Waals surface area contributed by atoms with Crippen LogP contribution in [-0.4, -0.2) is 24.6 Å². The summed E-state index contributed by atoms with van der Waals surface area (Å²) in [6.45, 7) is 8.95. The van der Waals surface area contributed by atoms with Gasteiger partial charge in [-0.3, -0.25) is 9.59 Å². The molecule has 0 saturated heterocycles. The van der Waals surface area contributed by atoms with Crippen molar-refractivity contribution in [3.63, 3.8) is 0 Å². The summed E-state index contributed by atoms with van der Waals surface area (Å²) < 4.78 is 10.7. The average molecular weight is 357 g/mol. The van der Waals surface area contributed by atoms with Crippen LogP contribution in [0.3, 0.4) is 0 Å². The molecule has 4 nitrogen and oxygen atoms in total. The van der Waals surface area contributed by atoms with E-state index in [-0.39, 0.29) is 30.9 Å². The van der Waals surface area contributed by atoms with Crippen molar-refractivity contribution in [1.82, 2.24) is 0 Å². The molecular formula is C21H40O4. The molecule has 0 aliphatic carbocycles. The molecule has 0 aliphatic heterocycles. The molecule has 148 valence electrons. The van der Waals surface area contributed by atoms with Crippen LogP contribution in [0.2, 0.25) is 0 Å². The van der Waals surface area contributed by atoms with E-state index in [2.05, 4.69) is 20.8 Å². The standard InChI is InChI=1S/C21H40O4/c1-5-8-9-10-11-12-13-17-24-20(22)15-16-21(23)25-19(7-3)18(4)14-6-2/h18-19H,5-17H2,1-4H3. The zero-order valence-electron chi connectivity index (χ0n) is 17.0. The Morgan fingerprint density at radius 3 is 2.00 bits per heavy atom. The maximum atomic E-state index is 11.9. The Hall–Kier alpha value is -1.06.